The predicted octanol–water partition coefficient (Wildman–Crippen LogP) is 2.16. The van der Waals surface area contributed by atoms with Gasteiger partial charge in [-0.15, -0.1) is 13.2 Å². The minimum Gasteiger partial charge on any atom is -0.495 e. The second-order valence-electron chi connectivity index (χ2n) is 2.98. The topological polar surface area (TPSA) is 68.7 Å². The first-order valence-corrected chi connectivity index (χ1v) is 4.41. The lowest BCUT2D eigenvalue weighted by atomic mass is 10.1. The Balaban J connectivity index is 3.39. The lowest BCUT2D eigenvalue weighted by Crippen LogP contribution is -2.20. The highest BCUT2D eigenvalue weighted by Gasteiger charge is 2.35. The number of carboxylic acids is 1. The first kappa shape index (κ1) is 14.0. The quantitative estimate of drug-likeness (QED) is 0.848. The molecule has 1 aromatic heterocycles. The molecule has 18 heavy (non-hydrogen) atoms. The summed E-state index contributed by atoms with van der Waals surface area (Å²) in [6.07, 6.45) is -4.40. The van der Waals surface area contributed by atoms with E-state index in [9.17, 15) is 22.4 Å². The number of carboxylic acid groups (broad SMARTS) is 1. The molecule has 0 aliphatic carbocycles. The summed E-state index contributed by atoms with van der Waals surface area (Å²) in [5.74, 6) is -3.53. The number of alkyl halides is 4. The van der Waals surface area contributed by atoms with Crippen LogP contribution in [0.3, 0.4) is 0 Å². The third-order valence-corrected chi connectivity index (χ3v) is 1.84. The minimum absolute atomic E-state index is 0.288. The van der Waals surface area contributed by atoms with Crippen LogP contribution in [0.5, 0.6) is 11.6 Å². The third-order valence-electron chi connectivity index (χ3n) is 1.84. The standard InChI is InChI=1S/C9H7F4NO4/c1-17-6-4(2-10)3-14-7(5(6)8(15)16)18-9(11,12)13/h3H,2H2,1H3,(H,15,16). The predicted molar refractivity (Wildman–Crippen MR) is 49.2 cm³/mol. The largest absolute Gasteiger partial charge is 0.574 e. The number of methoxy groups -OCH3 is 1. The smallest absolute Gasteiger partial charge is 0.495 e. The monoisotopic (exact) mass is 269 g/mol. The van der Waals surface area contributed by atoms with Gasteiger partial charge in [0, 0.05) is 11.8 Å². The minimum atomic E-state index is -5.11. The van der Waals surface area contributed by atoms with Crippen LogP contribution in [0.15, 0.2) is 6.20 Å². The summed E-state index contributed by atoms with van der Waals surface area (Å²) >= 11 is 0. The molecule has 0 unspecified atom stereocenters. The molecule has 9 heteroatoms. The Morgan fingerprint density at radius 1 is 1.50 bits per heavy atom. The fraction of sp³-hybridized carbons (Fsp3) is 0.333. The Hall–Kier alpha value is -2.06. The van der Waals surface area contributed by atoms with Crippen molar-refractivity contribution in [2.45, 2.75) is 13.0 Å². The highest BCUT2D eigenvalue weighted by atomic mass is 19.4. The number of hydrogen-bond donors (Lipinski definition) is 1. The van der Waals surface area contributed by atoms with Gasteiger partial charge in [-0.1, -0.05) is 0 Å². The fourth-order valence-electron chi connectivity index (χ4n) is 1.22. The molecule has 100 valence electrons. The molecule has 1 N–H and O–H groups in total. The maximum absolute atomic E-state index is 12.5. The number of halogens is 4. The molecule has 0 amide bonds. The van der Waals surface area contributed by atoms with Gasteiger partial charge in [-0.3, -0.25) is 0 Å². The molecule has 0 saturated carbocycles. The Morgan fingerprint density at radius 3 is 2.50 bits per heavy atom. The second-order valence-corrected chi connectivity index (χ2v) is 2.98. The molecule has 0 atom stereocenters. The van der Waals surface area contributed by atoms with Crippen LogP contribution >= 0.6 is 0 Å². The van der Waals surface area contributed by atoms with Crippen LogP contribution in [-0.4, -0.2) is 29.5 Å². The summed E-state index contributed by atoms with van der Waals surface area (Å²) in [7, 11) is 0.998. The van der Waals surface area contributed by atoms with E-state index >= 15 is 0 Å². The Bertz CT molecular complexity index is 461. The van der Waals surface area contributed by atoms with Crippen LogP contribution in [0.4, 0.5) is 17.6 Å². The summed E-state index contributed by atoms with van der Waals surface area (Å²) in [6, 6.07) is 0. The maximum Gasteiger partial charge on any atom is 0.574 e. The third kappa shape index (κ3) is 2.99. The van der Waals surface area contributed by atoms with Crippen LogP contribution in [0, 0.1) is 0 Å². The summed E-state index contributed by atoms with van der Waals surface area (Å²) in [5.41, 5.74) is -1.27. The number of aromatic carboxylic acids is 1. The SMILES string of the molecule is COc1c(CF)cnc(OC(F)(F)F)c1C(=O)O. The Kier molecular flexibility index (Phi) is 3.94. The van der Waals surface area contributed by atoms with Crippen molar-refractivity contribution in [3.05, 3.63) is 17.3 Å². The van der Waals surface area contributed by atoms with Crippen molar-refractivity contribution in [3.8, 4) is 11.6 Å². The molecular weight excluding hydrogens is 262 g/mol. The van der Waals surface area contributed by atoms with Crippen molar-refractivity contribution in [2.75, 3.05) is 7.11 Å². The second kappa shape index (κ2) is 5.07. The van der Waals surface area contributed by atoms with Crippen molar-refractivity contribution in [1.82, 2.24) is 4.98 Å². The molecule has 0 bridgehead atoms. The van der Waals surface area contributed by atoms with Gasteiger partial charge < -0.3 is 14.6 Å². The molecular formula is C9H7F4NO4. The lowest BCUT2D eigenvalue weighted by Gasteiger charge is -2.14. The van der Waals surface area contributed by atoms with E-state index in [-0.39, 0.29) is 5.56 Å². The van der Waals surface area contributed by atoms with Crippen LogP contribution in [-0.2, 0) is 6.67 Å². The number of carbonyl (C=O) groups is 1. The molecule has 1 rings (SSSR count). The van der Waals surface area contributed by atoms with E-state index < -0.39 is 36.2 Å². The van der Waals surface area contributed by atoms with Crippen LogP contribution in [0.2, 0.25) is 0 Å². The zero-order valence-corrected chi connectivity index (χ0v) is 8.92. The molecule has 0 aromatic carbocycles. The van der Waals surface area contributed by atoms with Crippen molar-refractivity contribution in [1.29, 1.82) is 0 Å². The van der Waals surface area contributed by atoms with Crippen molar-refractivity contribution in [3.63, 3.8) is 0 Å². The van der Waals surface area contributed by atoms with E-state index in [1.165, 1.54) is 0 Å². The number of ether oxygens (including phenoxy) is 2. The summed E-state index contributed by atoms with van der Waals surface area (Å²) < 4.78 is 56.6. The van der Waals surface area contributed by atoms with Gasteiger partial charge in [0.1, 0.15) is 12.4 Å². The van der Waals surface area contributed by atoms with Crippen LogP contribution in [0.25, 0.3) is 0 Å². The van der Waals surface area contributed by atoms with Gasteiger partial charge in [-0.05, 0) is 0 Å². The van der Waals surface area contributed by atoms with Crippen LogP contribution in [0.1, 0.15) is 15.9 Å². The maximum atomic E-state index is 12.5. The Labute approximate surface area is 98.0 Å². The summed E-state index contributed by atoms with van der Waals surface area (Å²) in [6.45, 7) is -1.14. The van der Waals surface area contributed by atoms with E-state index in [2.05, 4.69) is 14.5 Å². The van der Waals surface area contributed by atoms with Gasteiger partial charge >= 0.3 is 12.3 Å². The van der Waals surface area contributed by atoms with E-state index in [0.717, 1.165) is 7.11 Å². The van der Waals surface area contributed by atoms with Gasteiger partial charge in [0.15, 0.2) is 5.56 Å². The lowest BCUT2D eigenvalue weighted by molar-refractivity contribution is -0.276. The van der Waals surface area contributed by atoms with Crippen molar-refractivity contribution < 1.29 is 36.9 Å². The molecule has 0 fully saturated rings. The van der Waals surface area contributed by atoms with E-state index in [1.54, 1.807) is 0 Å². The zero-order valence-electron chi connectivity index (χ0n) is 8.92. The molecule has 0 radical (unpaired) electrons. The summed E-state index contributed by atoms with van der Waals surface area (Å²) in [5, 5.41) is 8.80. The number of rotatable bonds is 4. The molecule has 1 heterocycles. The molecule has 0 aliphatic rings. The normalized spacial score (nSPS) is 11.2. The first-order chi connectivity index (χ1) is 8.30. The highest BCUT2D eigenvalue weighted by molar-refractivity contribution is 5.94. The van der Waals surface area contributed by atoms with E-state index in [0.29, 0.717) is 6.20 Å². The van der Waals surface area contributed by atoms with Crippen molar-refractivity contribution >= 4 is 5.97 Å². The fourth-order valence-corrected chi connectivity index (χ4v) is 1.22. The van der Waals surface area contributed by atoms with Crippen molar-refractivity contribution in [2.24, 2.45) is 0 Å². The average Bonchev–Trinajstić information content (AvgIpc) is 2.25. The van der Waals surface area contributed by atoms with Gasteiger partial charge in [0.25, 0.3) is 0 Å². The number of nitrogens with zero attached hydrogens (tertiary/aromatic N) is 1. The highest BCUT2D eigenvalue weighted by Crippen LogP contribution is 2.33. The zero-order chi connectivity index (χ0) is 13.9. The Morgan fingerprint density at radius 2 is 2.11 bits per heavy atom. The molecule has 0 aliphatic heterocycles. The van der Waals surface area contributed by atoms with Crippen LogP contribution < -0.4 is 9.47 Å². The number of hydrogen-bond acceptors (Lipinski definition) is 4. The average molecular weight is 269 g/mol. The number of aromatic nitrogens is 1. The van der Waals surface area contributed by atoms with E-state index in [1.807, 2.05) is 0 Å². The molecule has 0 saturated heterocycles. The molecule has 5 nitrogen and oxygen atoms in total. The molecule has 1 aromatic rings. The number of pyridine rings is 1. The summed E-state index contributed by atoms with van der Waals surface area (Å²) in [4.78, 5) is 14.0. The first-order valence-electron chi connectivity index (χ1n) is 4.41. The van der Waals surface area contributed by atoms with Gasteiger partial charge in [0.05, 0.1) is 7.11 Å². The van der Waals surface area contributed by atoms with Gasteiger partial charge in [-0.2, -0.15) is 0 Å². The molecule has 0 spiro atoms. The van der Waals surface area contributed by atoms with Gasteiger partial charge in [-0.25, -0.2) is 14.2 Å². The van der Waals surface area contributed by atoms with Gasteiger partial charge in [0.2, 0.25) is 5.88 Å². The van der Waals surface area contributed by atoms with E-state index in [4.69, 9.17) is 5.11 Å².